The molecule has 122 valence electrons. The van der Waals surface area contributed by atoms with Crippen molar-refractivity contribution in [3.63, 3.8) is 0 Å². The summed E-state index contributed by atoms with van der Waals surface area (Å²) in [6, 6.07) is 0. The van der Waals surface area contributed by atoms with E-state index in [0.29, 0.717) is 0 Å². The highest BCUT2D eigenvalue weighted by atomic mass is 16.3. The van der Waals surface area contributed by atoms with Crippen molar-refractivity contribution >= 4 is 6.29 Å². The van der Waals surface area contributed by atoms with E-state index in [1.807, 2.05) is 13.8 Å². The molecule has 0 spiro atoms. The Morgan fingerprint density at radius 2 is 2.05 bits per heavy atom. The third kappa shape index (κ3) is 5.42. The second kappa shape index (κ2) is 8.28. The summed E-state index contributed by atoms with van der Waals surface area (Å²) in [7, 11) is 0. The first-order valence-corrected chi connectivity index (χ1v) is 8.12. The molecule has 2 heteroatoms. The van der Waals surface area contributed by atoms with Crippen molar-refractivity contribution < 1.29 is 9.90 Å². The van der Waals surface area contributed by atoms with Crippen LogP contribution in [0.25, 0.3) is 0 Å². The van der Waals surface area contributed by atoms with Gasteiger partial charge in [-0.05, 0) is 69.1 Å². The van der Waals surface area contributed by atoms with Crippen LogP contribution in [0.5, 0.6) is 0 Å². The molecule has 0 radical (unpaired) electrons. The van der Waals surface area contributed by atoms with E-state index < -0.39 is 6.10 Å². The summed E-state index contributed by atoms with van der Waals surface area (Å²) in [4.78, 5) is 10.4. The molecule has 0 saturated heterocycles. The first-order valence-electron chi connectivity index (χ1n) is 8.12. The van der Waals surface area contributed by atoms with Gasteiger partial charge in [-0.2, -0.15) is 0 Å². The summed E-state index contributed by atoms with van der Waals surface area (Å²) in [5, 5.41) is 10.2. The smallest absolute Gasteiger partial charge is 0.143 e. The zero-order valence-corrected chi connectivity index (χ0v) is 14.6. The number of carbonyl (C=O) groups excluding carboxylic acids is 1. The predicted octanol–water partition coefficient (Wildman–Crippen LogP) is 4.91. The second-order valence-electron chi connectivity index (χ2n) is 7.00. The van der Waals surface area contributed by atoms with Crippen LogP contribution >= 0.6 is 0 Å². The van der Waals surface area contributed by atoms with Crippen LogP contribution in [-0.2, 0) is 4.79 Å². The molecule has 1 rings (SSSR count). The Balaban J connectivity index is 2.77. The quantitative estimate of drug-likeness (QED) is 0.327. The van der Waals surface area contributed by atoms with E-state index in [0.717, 1.165) is 23.9 Å². The number of allylic oxidation sites excluding steroid dienone is 6. The monoisotopic (exact) mass is 302 g/mol. The molecule has 0 aliphatic heterocycles. The van der Waals surface area contributed by atoms with E-state index in [9.17, 15) is 9.90 Å². The van der Waals surface area contributed by atoms with Crippen LogP contribution in [0.4, 0.5) is 0 Å². The molecule has 0 heterocycles. The Kier molecular flexibility index (Phi) is 7.02. The molecule has 1 atom stereocenters. The van der Waals surface area contributed by atoms with E-state index in [-0.39, 0.29) is 5.41 Å². The maximum Gasteiger partial charge on any atom is 0.143 e. The van der Waals surface area contributed by atoms with Crippen molar-refractivity contribution in [2.45, 2.75) is 66.4 Å². The zero-order chi connectivity index (χ0) is 16.8. The van der Waals surface area contributed by atoms with Gasteiger partial charge in [0.05, 0.1) is 6.10 Å². The van der Waals surface area contributed by atoms with Crippen LogP contribution in [0, 0.1) is 5.41 Å². The molecule has 1 aliphatic rings. The van der Waals surface area contributed by atoms with Gasteiger partial charge in [0.25, 0.3) is 0 Å². The molecule has 1 unspecified atom stereocenters. The number of carbonyl (C=O) groups is 1. The van der Waals surface area contributed by atoms with Gasteiger partial charge in [0.15, 0.2) is 0 Å². The third-order valence-corrected chi connectivity index (χ3v) is 4.65. The molecule has 0 amide bonds. The molecular formula is C20H30O2. The molecular weight excluding hydrogens is 272 g/mol. The first-order chi connectivity index (χ1) is 10.3. The topological polar surface area (TPSA) is 37.3 Å². The first kappa shape index (κ1) is 18.6. The Morgan fingerprint density at radius 1 is 1.36 bits per heavy atom. The SMILES string of the molecule is CC1=C(C/C=C(\C)C(O)/C=C\C(C)=C/C=O)C(C)(C)CCC1. The van der Waals surface area contributed by atoms with Crippen LogP contribution in [0.3, 0.4) is 0 Å². The summed E-state index contributed by atoms with van der Waals surface area (Å²) in [6.07, 6.45) is 11.9. The lowest BCUT2D eigenvalue weighted by Crippen LogP contribution is -2.20. The second-order valence-corrected chi connectivity index (χ2v) is 7.00. The lowest BCUT2D eigenvalue weighted by atomic mass is 9.71. The number of aliphatic hydroxyl groups excluding tert-OH is 1. The molecule has 0 saturated carbocycles. The minimum Gasteiger partial charge on any atom is -0.385 e. The highest BCUT2D eigenvalue weighted by Crippen LogP contribution is 2.42. The number of aliphatic hydroxyl groups is 1. The largest absolute Gasteiger partial charge is 0.385 e. The minimum absolute atomic E-state index is 0.267. The van der Waals surface area contributed by atoms with Gasteiger partial charge >= 0.3 is 0 Å². The lowest BCUT2D eigenvalue weighted by Gasteiger charge is -2.34. The Morgan fingerprint density at radius 3 is 2.64 bits per heavy atom. The Bertz CT molecular complexity index is 516. The summed E-state index contributed by atoms with van der Waals surface area (Å²) < 4.78 is 0. The highest BCUT2D eigenvalue weighted by molar-refractivity contribution is 5.66. The van der Waals surface area contributed by atoms with Crippen molar-refractivity contribution in [1.82, 2.24) is 0 Å². The maximum atomic E-state index is 10.4. The van der Waals surface area contributed by atoms with Crippen molar-refractivity contribution in [3.05, 3.63) is 46.6 Å². The predicted molar refractivity (Wildman–Crippen MR) is 93.7 cm³/mol. The standard InChI is InChI=1S/C20H30O2/c1-15(12-14-21)8-11-19(22)17(3)9-10-18-16(2)7-6-13-20(18,4)5/h8-9,11-12,14,19,22H,6-7,10,13H2,1-5H3/b11-8-,15-12-,17-9+. The van der Waals surface area contributed by atoms with E-state index >= 15 is 0 Å². The Hall–Kier alpha value is -1.41. The normalized spacial score (nSPS) is 21.4. The average molecular weight is 302 g/mol. The van der Waals surface area contributed by atoms with Crippen LogP contribution in [0.2, 0.25) is 0 Å². The van der Waals surface area contributed by atoms with Gasteiger partial charge in [-0.1, -0.05) is 43.2 Å². The van der Waals surface area contributed by atoms with E-state index in [1.54, 1.807) is 12.2 Å². The molecule has 0 bridgehead atoms. The summed E-state index contributed by atoms with van der Waals surface area (Å²) >= 11 is 0. The van der Waals surface area contributed by atoms with Gasteiger partial charge in [0.2, 0.25) is 0 Å². The van der Waals surface area contributed by atoms with Crippen molar-refractivity contribution in [2.24, 2.45) is 5.41 Å². The van der Waals surface area contributed by atoms with Crippen LogP contribution in [0.1, 0.15) is 60.3 Å². The van der Waals surface area contributed by atoms with Gasteiger partial charge < -0.3 is 5.11 Å². The molecule has 0 aromatic rings. The number of rotatable bonds is 6. The Labute approximate surface area is 135 Å². The molecule has 1 aliphatic carbocycles. The molecule has 0 aromatic heterocycles. The zero-order valence-electron chi connectivity index (χ0n) is 14.6. The number of hydrogen-bond acceptors (Lipinski definition) is 2. The minimum atomic E-state index is -0.595. The van der Waals surface area contributed by atoms with Gasteiger partial charge in [-0.3, -0.25) is 4.79 Å². The van der Waals surface area contributed by atoms with Crippen molar-refractivity contribution in [1.29, 1.82) is 0 Å². The van der Waals surface area contributed by atoms with Crippen LogP contribution in [-0.4, -0.2) is 17.5 Å². The number of hydrogen-bond donors (Lipinski definition) is 1. The summed E-state index contributed by atoms with van der Waals surface area (Å²) in [5.41, 5.74) is 5.09. The van der Waals surface area contributed by atoms with Crippen molar-refractivity contribution in [2.75, 3.05) is 0 Å². The van der Waals surface area contributed by atoms with Crippen LogP contribution < -0.4 is 0 Å². The fraction of sp³-hybridized carbons (Fsp3) is 0.550. The summed E-state index contributed by atoms with van der Waals surface area (Å²) in [6.45, 7) is 10.7. The van der Waals surface area contributed by atoms with Gasteiger partial charge in [-0.15, -0.1) is 0 Å². The van der Waals surface area contributed by atoms with E-state index in [1.165, 1.54) is 36.5 Å². The van der Waals surface area contributed by atoms with Gasteiger partial charge in [-0.25, -0.2) is 0 Å². The van der Waals surface area contributed by atoms with Crippen LogP contribution in [0.15, 0.2) is 46.6 Å². The molecule has 1 N–H and O–H groups in total. The molecule has 0 aromatic carbocycles. The third-order valence-electron chi connectivity index (χ3n) is 4.65. The molecule has 22 heavy (non-hydrogen) atoms. The van der Waals surface area contributed by atoms with Gasteiger partial charge in [0, 0.05) is 0 Å². The summed E-state index contributed by atoms with van der Waals surface area (Å²) in [5.74, 6) is 0. The lowest BCUT2D eigenvalue weighted by molar-refractivity contribution is -0.104. The highest BCUT2D eigenvalue weighted by Gasteiger charge is 2.27. The van der Waals surface area contributed by atoms with E-state index in [2.05, 4.69) is 26.8 Å². The molecule has 2 nitrogen and oxygen atoms in total. The fourth-order valence-corrected chi connectivity index (χ4v) is 3.07. The average Bonchev–Trinajstić information content (AvgIpc) is 2.43. The van der Waals surface area contributed by atoms with E-state index in [4.69, 9.17) is 0 Å². The molecule has 0 fully saturated rings. The van der Waals surface area contributed by atoms with Gasteiger partial charge in [0.1, 0.15) is 6.29 Å². The fourth-order valence-electron chi connectivity index (χ4n) is 3.07. The van der Waals surface area contributed by atoms with Crippen molar-refractivity contribution in [3.8, 4) is 0 Å². The maximum absolute atomic E-state index is 10.4. The number of aldehydes is 1.